The normalized spacial score (nSPS) is 27.6. The highest BCUT2D eigenvalue weighted by molar-refractivity contribution is 9.10. The molecule has 0 aliphatic carbocycles. The minimum absolute atomic E-state index is 0.604. The van der Waals surface area contributed by atoms with E-state index in [4.69, 9.17) is 5.73 Å². The maximum absolute atomic E-state index is 5.62. The fourth-order valence-electron chi connectivity index (χ4n) is 3.14. The van der Waals surface area contributed by atoms with Crippen LogP contribution in [0.5, 0.6) is 0 Å². The minimum atomic E-state index is 0.604. The van der Waals surface area contributed by atoms with Gasteiger partial charge in [0.15, 0.2) is 0 Å². The zero-order chi connectivity index (χ0) is 14.0. The molecule has 0 radical (unpaired) electrons. The molecule has 3 atom stereocenters. The van der Waals surface area contributed by atoms with Gasteiger partial charge in [-0.2, -0.15) is 0 Å². The highest BCUT2D eigenvalue weighted by Gasteiger charge is 2.29. The first kappa shape index (κ1) is 14.9. The number of nitrogens with two attached hydrogens (primary N) is 1. The Hall–Kier alpha value is -0.540. The van der Waals surface area contributed by atoms with Gasteiger partial charge in [0, 0.05) is 17.1 Å². The first-order valence-electron chi connectivity index (χ1n) is 7.28. The molecule has 1 aliphatic heterocycles. The maximum Gasteiger partial charge on any atom is 0.0513 e. The largest absolute Gasteiger partial charge is 0.367 e. The number of benzene rings is 1. The number of halogens is 1. The predicted molar refractivity (Wildman–Crippen MR) is 86.7 cm³/mol. The van der Waals surface area contributed by atoms with Gasteiger partial charge in [0.1, 0.15) is 0 Å². The van der Waals surface area contributed by atoms with E-state index >= 15 is 0 Å². The van der Waals surface area contributed by atoms with E-state index < -0.39 is 0 Å². The van der Waals surface area contributed by atoms with Crippen LogP contribution in [0.3, 0.4) is 0 Å². The molecule has 0 saturated carbocycles. The second-order valence-electron chi connectivity index (χ2n) is 6.04. The summed E-state index contributed by atoms with van der Waals surface area (Å²) in [4.78, 5) is 2.55. The van der Waals surface area contributed by atoms with Crippen LogP contribution >= 0.6 is 15.9 Å². The summed E-state index contributed by atoms with van der Waals surface area (Å²) in [5.41, 5.74) is 8.26. The molecule has 3 unspecified atom stereocenters. The Morgan fingerprint density at radius 3 is 2.68 bits per heavy atom. The second-order valence-corrected chi connectivity index (χ2v) is 6.89. The van der Waals surface area contributed by atoms with Crippen molar-refractivity contribution < 1.29 is 0 Å². The summed E-state index contributed by atoms with van der Waals surface area (Å²) in [5, 5.41) is 0. The molecule has 1 heterocycles. The summed E-state index contributed by atoms with van der Waals surface area (Å²) in [6.45, 7) is 8.92. The molecule has 1 aromatic rings. The first-order chi connectivity index (χ1) is 9.02. The molecule has 2 N–H and O–H groups in total. The van der Waals surface area contributed by atoms with Gasteiger partial charge in [0.05, 0.1) is 5.69 Å². The zero-order valence-electron chi connectivity index (χ0n) is 12.2. The summed E-state index contributed by atoms with van der Waals surface area (Å²) in [6.07, 6.45) is 2.28. The van der Waals surface area contributed by atoms with Crippen LogP contribution in [0.4, 0.5) is 5.69 Å². The molecule has 2 nitrogen and oxygen atoms in total. The molecule has 0 aromatic heterocycles. The van der Waals surface area contributed by atoms with E-state index in [1.54, 1.807) is 0 Å². The Bertz CT molecular complexity index is 433. The van der Waals surface area contributed by atoms with Crippen molar-refractivity contribution in [2.45, 2.75) is 39.7 Å². The van der Waals surface area contributed by atoms with Crippen molar-refractivity contribution in [1.29, 1.82) is 0 Å². The molecular weight excluding hydrogens is 300 g/mol. The number of anilines is 1. The fraction of sp³-hybridized carbons (Fsp3) is 0.625. The van der Waals surface area contributed by atoms with Crippen molar-refractivity contribution >= 4 is 21.6 Å². The Morgan fingerprint density at radius 1 is 1.32 bits per heavy atom. The van der Waals surface area contributed by atoms with Crippen LogP contribution in [0, 0.1) is 11.8 Å². The SMILES string of the molecule is CC1CC(C)C(C)N(c2ccc(CCN)cc2Br)C1. The Morgan fingerprint density at radius 2 is 2.05 bits per heavy atom. The van der Waals surface area contributed by atoms with Crippen molar-refractivity contribution in [3.8, 4) is 0 Å². The van der Waals surface area contributed by atoms with E-state index in [0.717, 1.165) is 24.8 Å². The molecule has 19 heavy (non-hydrogen) atoms. The lowest BCUT2D eigenvalue weighted by atomic mass is 9.85. The quantitative estimate of drug-likeness (QED) is 0.915. The molecule has 1 saturated heterocycles. The monoisotopic (exact) mass is 324 g/mol. The molecule has 0 bridgehead atoms. The Kier molecular flexibility index (Phi) is 4.91. The summed E-state index contributed by atoms with van der Waals surface area (Å²) >= 11 is 3.74. The molecular formula is C16H25BrN2. The van der Waals surface area contributed by atoms with Crippen molar-refractivity contribution in [2.24, 2.45) is 17.6 Å². The lowest BCUT2D eigenvalue weighted by Gasteiger charge is -2.43. The number of hydrogen-bond donors (Lipinski definition) is 1. The van der Waals surface area contributed by atoms with Crippen molar-refractivity contribution in [3.63, 3.8) is 0 Å². The fourth-order valence-corrected chi connectivity index (χ4v) is 3.79. The molecule has 2 rings (SSSR count). The Labute approximate surface area is 125 Å². The molecule has 0 amide bonds. The summed E-state index contributed by atoms with van der Waals surface area (Å²) in [7, 11) is 0. The number of nitrogens with zero attached hydrogens (tertiary/aromatic N) is 1. The van der Waals surface area contributed by atoms with E-state index in [1.165, 1.54) is 22.1 Å². The van der Waals surface area contributed by atoms with Gasteiger partial charge in [-0.1, -0.05) is 19.9 Å². The molecule has 0 spiro atoms. The molecule has 1 aliphatic rings. The van der Waals surface area contributed by atoms with Crippen molar-refractivity contribution in [1.82, 2.24) is 0 Å². The van der Waals surface area contributed by atoms with Crippen LogP contribution < -0.4 is 10.6 Å². The highest BCUT2D eigenvalue weighted by Crippen LogP contribution is 2.35. The van der Waals surface area contributed by atoms with Gasteiger partial charge in [-0.3, -0.25) is 0 Å². The zero-order valence-corrected chi connectivity index (χ0v) is 13.8. The maximum atomic E-state index is 5.62. The van der Waals surface area contributed by atoms with Crippen molar-refractivity contribution in [2.75, 3.05) is 18.0 Å². The molecule has 3 heteroatoms. The molecule has 1 aromatic carbocycles. The van der Waals surface area contributed by atoms with E-state index in [2.05, 4.69) is 59.8 Å². The van der Waals surface area contributed by atoms with Crippen molar-refractivity contribution in [3.05, 3.63) is 28.2 Å². The average molecular weight is 325 g/mol. The lowest BCUT2D eigenvalue weighted by Crippen LogP contribution is -2.46. The number of rotatable bonds is 3. The standard InChI is InChI=1S/C16H25BrN2/c1-11-8-12(2)13(3)19(10-11)16-5-4-14(6-7-18)9-15(16)17/h4-5,9,11-13H,6-8,10,18H2,1-3H3. The van der Waals surface area contributed by atoms with E-state index in [1.807, 2.05) is 0 Å². The van der Waals surface area contributed by atoms with Gasteiger partial charge < -0.3 is 10.6 Å². The highest BCUT2D eigenvalue weighted by atomic mass is 79.9. The van der Waals surface area contributed by atoms with E-state index in [0.29, 0.717) is 12.6 Å². The number of hydrogen-bond acceptors (Lipinski definition) is 2. The summed E-state index contributed by atoms with van der Waals surface area (Å²) in [6, 6.07) is 7.28. The first-order valence-corrected chi connectivity index (χ1v) is 8.07. The third-order valence-electron chi connectivity index (χ3n) is 4.35. The topological polar surface area (TPSA) is 29.3 Å². The third kappa shape index (κ3) is 3.32. The van der Waals surface area contributed by atoms with Crippen LogP contribution in [-0.2, 0) is 6.42 Å². The van der Waals surface area contributed by atoms with Crippen LogP contribution in [0.15, 0.2) is 22.7 Å². The van der Waals surface area contributed by atoms with Crippen LogP contribution in [0.2, 0.25) is 0 Å². The van der Waals surface area contributed by atoms with Crippen LogP contribution in [-0.4, -0.2) is 19.1 Å². The smallest absolute Gasteiger partial charge is 0.0513 e. The second kappa shape index (κ2) is 6.27. The van der Waals surface area contributed by atoms with Gasteiger partial charge in [0.25, 0.3) is 0 Å². The lowest BCUT2D eigenvalue weighted by molar-refractivity contribution is 0.297. The summed E-state index contributed by atoms with van der Waals surface area (Å²) < 4.78 is 1.20. The number of piperidine rings is 1. The van der Waals surface area contributed by atoms with Gasteiger partial charge in [-0.15, -0.1) is 0 Å². The van der Waals surface area contributed by atoms with Gasteiger partial charge in [-0.25, -0.2) is 0 Å². The van der Waals surface area contributed by atoms with E-state index in [9.17, 15) is 0 Å². The molecule has 106 valence electrons. The summed E-state index contributed by atoms with van der Waals surface area (Å²) in [5.74, 6) is 1.51. The van der Waals surface area contributed by atoms with Gasteiger partial charge >= 0.3 is 0 Å². The van der Waals surface area contributed by atoms with Gasteiger partial charge in [0.2, 0.25) is 0 Å². The Balaban J connectivity index is 2.25. The van der Waals surface area contributed by atoms with Crippen LogP contribution in [0.1, 0.15) is 32.8 Å². The third-order valence-corrected chi connectivity index (χ3v) is 4.99. The van der Waals surface area contributed by atoms with E-state index in [-0.39, 0.29) is 0 Å². The van der Waals surface area contributed by atoms with Crippen LogP contribution in [0.25, 0.3) is 0 Å². The average Bonchev–Trinajstić information content (AvgIpc) is 2.35. The van der Waals surface area contributed by atoms with Gasteiger partial charge in [-0.05, 0) is 71.8 Å². The molecule has 1 fully saturated rings. The predicted octanol–water partition coefficient (Wildman–Crippen LogP) is 3.82. The minimum Gasteiger partial charge on any atom is -0.367 e.